The Morgan fingerprint density at radius 3 is 2.43 bits per heavy atom. The summed E-state index contributed by atoms with van der Waals surface area (Å²) in [6.45, 7) is 3.21. The van der Waals surface area contributed by atoms with Crippen molar-refractivity contribution in [2.45, 2.75) is 38.9 Å². The van der Waals surface area contributed by atoms with Gasteiger partial charge in [0.25, 0.3) is 0 Å². The Morgan fingerprint density at radius 1 is 1.38 bits per heavy atom. The van der Waals surface area contributed by atoms with Crippen LogP contribution in [0.1, 0.15) is 26.7 Å². The van der Waals surface area contributed by atoms with Crippen LogP contribution in [0.2, 0.25) is 0 Å². The fourth-order valence-corrected chi connectivity index (χ4v) is 2.43. The second-order valence-electron chi connectivity index (χ2n) is 5.37. The number of halogens is 3. The van der Waals surface area contributed by atoms with Gasteiger partial charge in [0, 0.05) is 19.6 Å². The third-order valence-electron chi connectivity index (χ3n) is 3.84. The van der Waals surface area contributed by atoms with Crippen LogP contribution in [0.3, 0.4) is 0 Å². The van der Waals surface area contributed by atoms with Crippen molar-refractivity contribution in [2.24, 2.45) is 11.8 Å². The molecule has 0 aromatic carbocycles. The van der Waals surface area contributed by atoms with Crippen LogP contribution in [0, 0.1) is 11.8 Å². The van der Waals surface area contributed by atoms with Crippen LogP contribution in [-0.4, -0.2) is 53.7 Å². The molecule has 0 aromatic heterocycles. The van der Waals surface area contributed by atoms with Crippen molar-refractivity contribution < 1.29 is 27.9 Å². The lowest BCUT2D eigenvalue weighted by molar-refractivity contribution is -0.188. The van der Waals surface area contributed by atoms with Crippen molar-refractivity contribution in [1.82, 2.24) is 10.2 Å². The van der Waals surface area contributed by atoms with Crippen LogP contribution in [-0.2, 0) is 9.59 Å². The average Bonchev–Trinajstić information content (AvgIpc) is 2.83. The Bertz CT molecular complexity index is 387. The molecule has 1 aliphatic heterocycles. The number of rotatable bonds is 6. The summed E-state index contributed by atoms with van der Waals surface area (Å²) in [6, 6.07) is -0.768. The molecule has 1 unspecified atom stereocenters. The molecule has 0 radical (unpaired) electrons. The topological polar surface area (TPSA) is 69.6 Å². The van der Waals surface area contributed by atoms with E-state index >= 15 is 0 Å². The zero-order chi connectivity index (χ0) is 16.2. The number of carboxylic acids is 1. The number of carbonyl (C=O) groups excluding carboxylic acids is 1. The molecule has 8 heteroatoms. The second-order valence-corrected chi connectivity index (χ2v) is 5.37. The summed E-state index contributed by atoms with van der Waals surface area (Å²) in [6.07, 6.45) is -2.88. The lowest BCUT2D eigenvalue weighted by Crippen LogP contribution is -2.45. The maximum absolute atomic E-state index is 12.9. The molecule has 0 bridgehead atoms. The van der Waals surface area contributed by atoms with E-state index in [2.05, 4.69) is 5.32 Å². The number of carboxylic acid groups (broad SMARTS) is 1. The smallest absolute Gasteiger partial charge is 0.393 e. The van der Waals surface area contributed by atoms with Crippen LogP contribution in [0.5, 0.6) is 0 Å². The van der Waals surface area contributed by atoms with Gasteiger partial charge in [0.1, 0.15) is 0 Å². The molecule has 2 N–H and O–H groups in total. The van der Waals surface area contributed by atoms with Crippen molar-refractivity contribution in [3.05, 3.63) is 0 Å². The van der Waals surface area contributed by atoms with Crippen molar-refractivity contribution in [1.29, 1.82) is 0 Å². The molecule has 0 aliphatic carbocycles. The number of carbonyl (C=O) groups is 2. The molecule has 122 valence electrons. The van der Waals surface area contributed by atoms with E-state index < -0.39 is 36.6 Å². The number of amides is 1. The molecule has 3 atom stereocenters. The van der Waals surface area contributed by atoms with Crippen LogP contribution in [0.4, 0.5) is 13.2 Å². The number of alkyl halides is 3. The van der Waals surface area contributed by atoms with Crippen molar-refractivity contribution >= 4 is 11.9 Å². The van der Waals surface area contributed by atoms with Crippen LogP contribution >= 0.6 is 0 Å². The quantitative estimate of drug-likeness (QED) is 0.729. The molecule has 0 aromatic rings. The highest BCUT2D eigenvalue weighted by Crippen LogP contribution is 2.38. The summed E-state index contributed by atoms with van der Waals surface area (Å²) in [5.41, 5.74) is 0. The molecule has 21 heavy (non-hydrogen) atoms. The number of hydrogen-bond acceptors (Lipinski definition) is 3. The van der Waals surface area contributed by atoms with Gasteiger partial charge < -0.3 is 10.4 Å². The summed E-state index contributed by atoms with van der Waals surface area (Å²) in [7, 11) is 0. The largest absolute Gasteiger partial charge is 0.481 e. The Labute approximate surface area is 121 Å². The number of nitrogens with one attached hydrogen (secondary N) is 1. The first kappa shape index (κ1) is 17.7. The van der Waals surface area contributed by atoms with E-state index in [1.807, 2.05) is 6.92 Å². The molecule has 0 saturated carbocycles. The number of likely N-dealkylation sites (tertiary alicyclic amines) is 1. The SMILES string of the molecule is CCCCNC(=O)C(C)N1C[C@@H](C(F)(F)F)[C@H](C(=O)O)C1. The lowest BCUT2D eigenvalue weighted by atomic mass is 9.96. The molecule has 1 amide bonds. The van der Waals surface area contributed by atoms with Gasteiger partial charge in [-0.2, -0.15) is 13.2 Å². The van der Waals surface area contributed by atoms with Crippen LogP contribution in [0.25, 0.3) is 0 Å². The molecular formula is C13H21F3N2O3. The lowest BCUT2D eigenvalue weighted by Gasteiger charge is -2.23. The highest BCUT2D eigenvalue weighted by atomic mass is 19.4. The summed E-state index contributed by atoms with van der Waals surface area (Å²) in [4.78, 5) is 24.1. The van der Waals surface area contributed by atoms with Gasteiger partial charge in [0.05, 0.1) is 17.9 Å². The molecule has 1 rings (SSSR count). The predicted molar refractivity (Wildman–Crippen MR) is 69.6 cm³/mol. The summed E-state index contributed by atoms with van der Waals surface area (Å²) < 4.78 is 38.6. The minimum Gasteiger partial charge on any atom is -0.481 e. The molecule has 5 nitrogen and oxygen atoms in total. The predicted octanol–water partition coefficient (Wildman–Crippen LogP) is 1.49. The molecular weight excluding hydrogens is 289 g/mol. The van der Waals surface area contributed by atoms with Gasteiger partial charge in [0.15, 0.2) is 0 Å². The maximum Gasteiger partial charge on any atom is 0.393 e. The van der Waals surface area contributed by atoms with Gasteiger partial charge in [-0.15, -0.1) is 0 Å². The Hall–Kier alpha value is -1.31. The number of nitrogens with zero attached hydrogens (tertiary/aromatic N) is 1. The molecule has 0 spiro atoms. The second kappa shape index (κ2) is 7.11. The van der Waals surface area contributed by atoms with Gasteiger partial charge in [-0.05, 0) is 13.3 Å². The Balaban J connectivity index is 2.68. The monoisotopic (exact) mass is 310 g/mol. The van der Waals surface area contributed by atoms with E-state index in [0.717, 1.165) is 12.8 Å². The molecule has 1 aliphatic rings. The summed E-state index contributed by atoms with van der Waals surface area (Å²) in [5, 5.41) is 11.6. The first-order valence-corrected chi connectivity index (χ1v) is 6.99. The minimum atomic E-state index is -4.57. The van der Waals surface area contributed by atoms with E-state index in [1.54, 1.807) is 0 Å². The van der Waals surface area contributed by atoms with Crippen molar-refractivity contribution in [2.75, 3.05) is 19.6 Å². The van der Waals surface area contributed by atoms with E-state index in [9.17, 15) is 22.8 Å². The molecule has 1 saturated heterocycles. The summed E-state index contributed by atoms with van der Waals surface area (Å²) >= 11 is 0. The van der Waals surface area contributed by atoms with Crippen LogP contribution < -0.4 is 5.32 Å². The number of hydrogen-bond donors (Lipinski definition) is 2. The van der Waals surface area contributed by atoms with Crippen molar-refractivity contribution in [3.8, 4) is 0 Å². The van der Waals surface area contributed by atoms with E-state index in [-0.39, 0.29) is 12.5 Å². The standard InChI is InChI=1S/C13H21F3N2O3/c1-3-4-5-17-11(19)8(2)18-6-9(12(20)21)10(7-18)13(14,15)16/h8-10H,3-7H2,1-2H3,(H,17,19)(H,20,21)/t8?,9-,10-/m1/s1. The van der Waals surface area contributed by atoms with Gasteiger partial charge in [-0.1, -0.05) is 13.3 Å². The Kier molecular flexibility index (Phi) is 6.00. The van der Waals surface area contributed by atoms with E-state index in [0.29, 0.717) is 6.54 Å². The minimum absolute atomic E-state index is 0.262. The first-order chi connectivity index (χ1) is 9.68. The number of unbranched alkanes of at least 4 members (excludes halogenated alkanes) is 1. The number of aliphatic carboxylic acids is 1. The van der Waals surface area contributed by atoms with Crippen molar-refractivity contribution in [3.63, 3.8) is 0 Å². The van der Waals surface area contributed by atoms with Gasteiger partial charge in [0.2, 0.25) is 5.91 Å². The maximum atomic E-state index is 12.9. The molecule has 1 fully saturated rings. The zero-order valence-corrected chi connectivity index (χ0v) is 12.1. The summed E-state index contributed by atoms with van der Waals surface area (Å²) in [5.74, 6) is -5.29. The average molecular weight is 310 g/mol. The van der Waals surface area contributed by atoms with Gasteiger partial charge in [-0.3, -0.25) is 14.5 Å². The normalized spacial score (nSPS) is 24.8. The third kappa shape index (κ3) is 4.59. The van der Waals surface area contributed by atoms with E-state index in [1.165, 1.54) is 11.8 Å². The van der Waals surface area contributed by atoms with Gasteiger partial charge in [-0.25, -0.2) is 0 Å². The molecule has 1 heterocycles. The van der Waals surface area contributed by atoms with Crippen LogP contribution in [0.15, 0.2) is 0 Å². The highest BCUT2D eigenvalue weighted by molar-refractivity contribution is 5.81. The highest BCUT2D eigenvalue weighted by Gasteiger charge is 2.53. The fourth-order valence-electron chi connectivity index (χ4n) is 2.43. The van der Waals surface area contributed by atoms with Gasteiger partial charge >= 0.3 is 12.1 Å². The Morgan fingerprint density at radius 2 is 2.00 bits per heavy atom. The third-order valence-corrected chi connectivity index (χ3v) is 3.84. The fraction of sp³-hybridized carbons (Fsp3) is 0.846. The van der Waals surface area contributed by atoms with E-state index in [4.69, 9.17) is 5.11 Å². The first-order valence-electron chi connectivity index (χ1n) is 6.99. The zero-order valence-electron chi connectivity index (χ0n) is 12.1.